The van der Waals surface area contributed by atoms with Gasteiger partial charge in [0.25, 0.3) is 0 Å². The molecule has 4 unspecified atom stereocenters. The molecule has 0 bridgehead atoms. The lowest BCUT2D eigenvalue weighted by Crippen LogP contribution is -2.46. The predicted molar refractivity (Wildman–Crippen MR) is 111 cm³/mol. The van der Waals surface area contributed by atoms with Crippen molar-refractivity contribution in [2.24, 2.45) is 5.41 Å². The van der Waals surface area contributed by atoms with Gasteiger partial charge in [-0.1, -0.05) is 20.3 Å². The van der Waals surface area contributed by atoms with Crippen LogP contribution < -0.4 is 16.0 Å². The van der Waals surface area contributed by atoms with Crippen LogP contribution in [-0.4, -0.2) is 76.4 Å². The number of unbranched alkanes of at least 4 members (excludes halogenated alkanes) is 1. The predicted octanol–water partition coefficient (Wildman–Crippen LogP) is -0.401. The van der Waals surface area contributed by atoms with Crippen molar-refractivity contribution in [3.63, 3.8) is 0 Å². The van der Waals surface area contributed by atoms with E-state index < -0.39 is 29.4 Å². The number of thioether (sulfide) groups is 1. The van der Waals surface area contributed by atoms with E-state index >= 15 is 0 Å². The monoisotopic (exact) mass is 461 g/mol. The Morgan fingerprint density at radius 2 is 1.87 bits per heavy atom. The fraction of sp³-hybridized carbons (Fsp3) is 0.789. The van der Waals surface area contributed by atoms with Gasteiger partial charge in [0.05, 0.1) is 31.5 Å². The molecule has 2 saturated heterocycles. The summed E-state index contributed by atoms with van der Waals surface area (Å²) in [5, 5.41) is 27.4. The summed E-state index contributed by atoms with van der Waals surface area (Å²) < 4.78 is 0. The molecule has 2 fully saturated rings. The smallest absolute Gasteiger partial charge is 0.357 e. The van der Waals surface area contributed by atoms with Gasteiger partial charge >= 0.3 is 18.0 Å². The molecule has 3 amide bonds. The van der Waals surface area contributed by atoms with Gasteiger partial charge in [-0.2, -0.15) is 11.8 Å². The number of aliphatic hydroxyl groups is 2. The van der Waals surface area contributed by atoms with Crippen molar-refractivity contribution < 1.29 is 39.2 Å². The van der Waals surface area contributed by atoms with E-state index in [1.165, 1.54) is 13.8 Å². The molecule has 0 spiro atoms. The van der Waals surface area contributed by atoms with Crippen molar-refractivity contribution >= 4 is 35.6 Å². The fourth-order valence-corrected chi connectivity index (χ4v) is 4.80. The van der Waals surface area contributed by atoms with Crippen molar-refractivity contribution in [2.75, 3.05) is 18.9 Å². The Hall–Kier alpha value is -2.05. The molecule has 11 nitrogen and oxygen atoms in total. The zero-order chi connectivity index (χ0) is 23.0. The van der Waals surface area contributed by atoms with Gasteiger partial charge in [-0.25, -0.2) is 24.2 Å². The molecule has 0 saturated carbocycles. The standard InChI is InChI=1S/C19H31N3O8S/c1-19(2,10-23)16(26)17(27)20-8-7-14(25)30-29-13(24)6-4-3-5-12-15-11(9-31-12)21-18(28)22-15/h11-12,15-16,23,26H,3-10H2,1-2H3,(H,20,27)(H2,21,22,28). The first-order chi connectivity index (χ1) is 14.6. The molecule has 0 aliphatic carbocycles. The first-order valence-electron chi connectivity index (χ1n) is 10.3. The van der Waals surface area contributed by atoms with Crippen molar-refractivity contribution in [1.29, 1.82) is 0 Å². The molecule has 5 N–H and O–H groups in total. The van der Waals surface area contributed by atoms with E-state index in [9.17, 15) is 24.3 Å². The van der Waals surface area contributed by atoms with Crippen LogP contribution in [0.15, 0.2) is 0 Å². The van der Waals surface area contributed by atoms with E-state index in [1.807, 2.05) is 0 Å². The second-order valence-electron chi connectivity index (χ2n) is 8.37. The Morgan fingerprint density at radius 1 is 1.19 bits per heavy atom. The largest absolute Gasteiger partial charge is 0.396 e. The second-order valence-corrected chi connectivity index (χ2v) is 9.64. The molecular weight excluding hydrogens is 430 g/mol. The average molecular weight is 462 g/mol. The van der Waals surface area contributed by atoms with Crippen LogP contribution in [0.5, 0.6) is 0 Å². The number of hydrogen-bond acceptors (Lipinski definition) is 9. The fourth-order valence-electron chi connectivity index (χ4n) is 3.26. The summed E-state index contributed by atoms with van der Waals surface area (Å²) in [6.45, 7) is 2.56. The maximum absolute atomic E-state index is 11.8. The zero-order valence-electron chi connectivity index (χ0n) is 17.7. The minimum Gasteiger partial charge on any atom is -0.396 e. The number of urea groups is 1. The maximum Gasteiger partial charge on any atom is 0.357 e. The van der Waals surface area contributed by atoms with Gasteiger partial charge in [-0.15, -0.1) is 0 Å². The molecule has 0 radical (unpaired) electrons. The number of carbonyl (C=O) groups is 4. The SMILES string of the molecule is CC(C)(CO)C(O)C(=O)NCCC(=O)OOC(=O)CCCCC1SCC2NC(=O)NC21. The first-order valence-corrected chi connectivity index (χ1v) is 11.3. The summed E-state index contributed by atoms with van der Waals surface area (Å²) in [5.41, 5.74) is -1.01. The molecule has 0 aromatic heterocycles. The Labute approximate surface area is 184 Å². The maximum atomic E-state index is 11.8. The van der Waals surface area contributed by atoms with Gasteiger partial charge in [0.1, 0.15) is 6.10 Å². The highest BCUT2D eigenvalue weighted by Crippen LogP contribution is 2.33. The highest BCUT2D eigenvalue weighted by Gasteiger charge is 2.42. The van der Waals surface area contributed by atoms with Crippen LogP contribution in [0, 0.1) is 5.41 Å². The van der Waals surface area contributed by atoms with Crippen molar-refractivity contribution in [2.45, 2.75) is 69.4 Å². The number of hydrogen-bond donors (Lipinski definition) is 5. The molecule has 4 atom stereocenters. The van der Waals surface area contributed by atoms with Crippen LogP contribution in [0.1, 0.15) is 46.0 Å². The second kappa shape index (κ2) is 11.5. The van der Waals surface area contributed by atoms with Crippen molar-refractivity contribution in [3.8, 4) is 0 Å². The van der Waals surface area contributed by atoms with E-state index in [-0.39, 0.29) is 44.1 Å². The molecule has 31 heavy (non-hydrogen) atoms. The Morgan fingerprint density at radius 3 is 2.55 bits per heavy atom. The number of aliphatic hydroxyl groups excluding tert-OH is 2. The minimum atomic E-state index is -1.43. The molecule has 2 aliphatic heterocycles. The van der Waals surface area contributed by atoms with E-state index in [1.54, 1.807) is 11.8 Å². The average Bonchev–Trinajstić information content (AvgIpc) is 3.28. The lowest BCUT2D eigenvalue weighted by Gasteiger charge is -2.26. The summed E-state index contributed by atoms with van der Waals surface area (Å²) in [4.78, 5) is 55.3. The number of fused-ring (bicyclic) bond motifs is 1. The van der Waals surface area contributed by atoms with Crippen LogP contribution in [0.2, 0.25) is 0 Å². The summed E-state index contributed by atoms with van der Waals surface area (Å²) in [7, 11) is 0. The Balaban J connectivity index is 1.52. The van der Waals surface area contributed by atoms with Crippen LogP contribution in [0.3, 0.4) is 0 Å². The third-order valence-electron chi connectivity index (χ3n) is 5.31. The van der Waals surface area contributed by atoms with Crippen molar-refractivity contribution in [3.05, 3.63) is 0 Å². The van der Waals surface area contributed by atoms with Gasteiger partial charge < -0.3 is 26.2 Å². The van der Waals surface area contributed by atoms with E-state index in [0.29, 0.717) is 11.7 Å². The molecule has 2 aliphatic rings. The molecule has 176 valence electrons. The quantitative estimate of drug-likeness (QED) is 0.119. The first kappa shape index (κ1) is 25.2. The van der Waals surface area contributed by atoms with E-state index in [2.05, 4.69) is 25.7 Å². The van der Waals surface area contributed by atoms with Crippen LogP contribution in [-0.2, 0) is 24.2 Å². The lowest BCUT2D eigenvalue weighted by atomic mass is 9.87. The lowest BCUT2D eigenvalue weighted by molar-refractivity contribution is -0.259. The molecular formula is C19H31N3O8S. The zero-order valence-corrected chi connectivity index (χ0v) is 18.5. The summed E-state index contributed by atoms with van der Waals surface area (Å²) in [5.74, 6) is -1.33. The van der Waals surface area contributed by atoms with Gasteiger partial charge in [0.15, 0.2) is 0 Å². The van der Waals surface area contributed by atoms with Crippen LogP contribution in [0.4, 0.5) is 4.79 Å². The minimum absolute atomic E-state index is 0.0997. The third-order valence-corrected chi connectivity index (χ3v) is 6.82. The Bertz CT molecular complexity index is 675. The molecule has 2 rings (SSSR count). The van der Waals surface area contributed by atoms with E-state index in [4.69, 9.17) is 5.11 Å². The van der Waals surface area contributed by atoms with Gasteiger partial charge in [-0.05, 0) is 12.8 Å². The molecule has 12 heteroatoms. The van der Waals surface area contributed by atoms with Crippen LogP contribution >= 0.6 is 11.8 Å². The van der Waals surface area contributed by atoms with Crippen LogP contribution in [0.25, 0.3) is 0 Å². The normalized spacial score (nSPS) is 23.4. The number of amides is 3. The van der Waals surface area contributed by atoms with E-state index in [0.717, 1.165) is 18.6 Å². The number of carbonyl (C=O) groups excluding carboxylic acids is 4. The molecule has 2 heterocycles. The molecule has 0 aromatic rings. The topological polar surface area (TPSA) is 163 Å². The highest BCUT2D eigenvalue weighted by atomic mass is 32.2. The van der Waals surface area contributed by atoms with Gasteiger partial charge in [0, 0.05) is 23.0 Å². The summed E-state index contributed by atoms with van der Waals surface area (Å²) in [6, 6.07) is 0.165. The summed E-state index contributed by atoms with van der Waals surface area (Å²) in [6.07, 6.45) is 0.634. The van der Waals surface area contributed by atoms with Gasteiger partial charge in [-0.3, -0.25) is 4.79 Å². The number of rotatable bonds is 11. The van der Waals surface area contributed by atoms with Crippen molar-refractivity contribution in [1.82, 2.24) is 16.0 Å². The highest BCUT2D eigenvalue weighted by molar-refractivity contribution is 8.00. The Kier molecular flexibility index (Phi) is 9.38. The van der Waals surface area contributed by atoms with Gasteiger partial charge in [0.2, 0.25) is 5.91 Å². The number of nitrogens with one attached hydrogen (secondary N) is 3. The third kappa shape index (κ3) is 7.54. The summed E-state index contributed by atoms with van der Waals surface area (Å²) >= 11 is 1.80. The molecule has 0 aromatic carbocycles.